The molecule has 0 spiro atoms. The van der Waals surface area contributed by atoms with Crippen molar-refractivity contribution in [2.24, 2.45) is 0 Å². The van der Waals surface area contributed by atoms with E-state index in [0.717, 1.165) is 61.7 Å². The highest BCUT2D eigenvalue weighted by atomic mass is 16.5. The number of carbonyl (C=O) groups is 1. The molecule has 2 heterocycles. The molecule has 1 aromatic heterocycles. The van der Waals surface area contributed by atoms with Gasteiger partial charge in [0.2, 0.25) is 0 Å². The smallest absolute Gasteiger partial charge is 0.255 e. The van der Waals surface area contributed by atoms with Crippen LogP contribution in [0.4, 0.5) is 0 Å². The van der Waals surface area contributed by atoms with Gasteiger partial charge in [-0.05, 0) is 53.6 Å². The maximum atomic E-state index is 13.9. The van der Waals surface area contributed by atoms with Crippen molar-refractivity contribution >= 4 is 16.8 Å². The van der Waals surface area contributed by atoms with Crippen molar-refractivity contribution in [1.29, 1.82) is 0 Å². The van der Waals surface area contributed by atoms with Crippen LogP contribution in [-0.2, 0) is 6.54 Å². The van der Waals surface area contributed by atoms with Gasteiger partial charge in [0, 0.05) is 34.1 Å². The van der Waals surface area contributed by atoms with E-state index in [1.807, 2.05) is 77.7 Å². The van der Waals surface area contributed by atoms with Crippen LogP contribution in [0, 0.1) is 0 Å². The van der Waals surface area contributed by atoms with Gasteiger partial charge in [0.15, 0.2) is 0 Å². The number of carbonyl (C=O) groups excluding carboxylic acids is 1. The summed E-state index contributed by atoms with van der Waals surface area (Å²) in [5, 5.41) is 1.06. The molecule has 0 bridgehead atoms. The lowest BCUT2D eigenvalue weighted by molar-refractivity contribution is 0.0737. The van der Waals surface area contributed by atoms with Gasteiger partial charge in [-0.2, -0.15) is 0 Å². The lowest BCUT2D eigenvalue weighted by Crippen LogP contribution is -2.28. The zero-order valence-electron chi connectivity index (χ0n) is 21.5. The lowest BCUT2D eigenvalue weighted by atomic mass is 9.92. The van der Waals surface area contributed by atoms with Gasteiger partial charge < -0.3 is 24.1 Å². The maximum Gasteiger partial charge on any atom is 0.255 e. The van der Waals surface area contributed by atoms with E-state index < -0.39 is 0 Å². The molecule has 1 atom stereocenters. The third-order valence-corrected chi connectivity index (χ3v) is 7.27. The molecule has 0 saturated carbocycles. The monoisotopic (exact) mass is 504 g/mol. The Bertz CT molecular complexity index is 1640. The maximum absolute atomic E-state index is 13.9. The zero-order chi connectivity index (χ0) is 26.2. The number of benzene rings is 4. The average molecular weight is 505 g/mol. The molecule has 1 aliphatic heterocycles. The number of nitrogens with zero attached hydrogens (tertiary/aromatic N) is 1. The second-order valence-corrected chi connectivity index (χ2v) is 9.30. The Morgan fingerprint density at radius 3 is 2.24 bits per heavy atom. The molecular formula is C32H28N2O4. The highest BCUT2D eigenvalue weighted by Gasteiger charge is 2.40. The first-order valence-electron chi connectivity index (χ1n) is 12.5. The molecule has 5 aromatic rings. The van der Waals surface area contributed by atoms with Crippen molar-refractivity contribution in [2.45, 2.75) is 12.6 Å². The van der Waals surface area contributed by atoms with E-state index in [9.17, 15) is 4.79 Å². The highest BCUT2D eigenvalue weighted by Crippen LogP contribution is 2.48. The van der Waals surface area contributed by atoms with Crippen LogP contribution in [0.2, 0.25) is 0 Å². The Morgan fingerprint density at radius 2 is 1.47 bits per heavy atom. The van der Waals surface area contributed by atoms with Crippen molar-refractivity contribution in [3.8, 4) is 28.5 Å². The minimum Gasteiger partial charge on any atom is -0.497 e. The Balaban J connectivity index is 1.59. The van der Waals surface area contributed by atoms with Crippen LogP contribution in [0.3, 0.4) is 0 Å². The molecule has 0 aliphatic carbocycles. The predicted octanol–water partition coefficient (Wildman–Crippen LogP) is 6.61. The summed E-state index contributed by atoms with van der Waals surface area (Å²) >= 11 is 0. The summed E-state index contributed by atoms with van der Waals surface area (Å²) in [4.78, 5) is 19.5. The topological polar surface area (TPSA) is 63.8 Å². The van der Waals surface area contributed by atoms with Crippen molar-refractivity contribution in [3.63, 3.8) is 0 Å². The summed E-state index contributed by atoms with van der Waals surface area (Å²) in [5.74, 6) is 2.24. The van der Waals surface area contributed by atoms with Crippen LogP contribution in [0.5, 0.6) is 17.2 Å². The molecule has 1 amide bonds. The van der Waals surface area contributed by atoms with Crippen LogP contribution in [0.1, 0.15) is 33.1 Å². The van der Waals surface area contributed by atoms with E-state index in [4.69, 9.17) is 14.2 Å². The number of hydrogen-bond acceptors (Lipinski definition) is 4. The van der Waals surface area contributed by atoms with Crippen molar-refractivity contribution in [3.05, 3.63) is 113 Å². The summed E-state index contributed by atoms with van der Waals surface area (Å²) in [6, 6.07) is 29.4. The van der Waals surface area contributed by atoms with Gasteiger partial charge in [-0.15, -0.1) is 0 Å². The lowest BCUT2D eigenvalue weighted by Gasteiger charge is -2.27. The third kappa shape index (κ3) is 3.86. The number of fused-ring (bicyclic) bond motifs is 2. The largest absolute Gasteiger partial charge is 0.497 e. The number of rotatable bonds is 7. The van der Waals surface area contributed by atoms with Crippen LogP contribution in [0.25, 0.3) is 22.2 Å². The Hall–Kier alpha value is -4.71. The second kappa shape index (κ2) is 9.63. The van der Waals surface area contributed by atoms with Crippen LogP contribution >= 0.6 is 0 Å². The molecule has 1 aliphatic rings. The van der Waals surface area contributed by atoms with Crippen LogP contribution in [0.15, 0.2) is 91.0 Å². The molecular weight excluding hydrogens is 476 g/mol. The van der Waals surface area contributed by atoms with Gasteiger partial charge in [-0.3, -0.25) is 4.79 Å². The summed E-state index contributed by atoms with van der Waals surface area (Å²) in [7, 11) is 4.97. The number of aromatic amines is 1. The van der Waals surface area contributed by atoms with Gasteiger partial charge in [0.05, 0.1) is 33.1 Å². The number of hydrogen-bond donors (Lipinski definition) is 1. The molecule has 190 valence electrons. The fourth-order valence-corrected chi connectivity index (χ4v) is 5.44. The molecule has 1 N–H and O–H groups in total. The van der Waals surface area contributed by atoms with Gasteiger partial charge in [0.25, 0.3) is 5.91 Å². The number of amides is 1. The first-order valence-corrected chi connectivity index (χ1v) is 12.5. The number of para-hydroxylation sites is 1. The van der Waals surface area contributed by atoms with E-state index in [1.54, 1.807) is 21.3 Å². The highest BCUT2D eigenvalue weighted by molar-refractivity contribution is 6.02. The minimum atomic E-state index is -0.303. The fourth-order valence-electron chi connectivity index (χ4n) is 5.44. The molecule has 4 aromatic carbocycles. The number of ether oxygens (including phenoxy) is 3. The van der Waals surface area contributed by atoms with Gasteiger partial charge in [-0.25, -0.2) is 0 Å². The van der Waals surface area contributed by atoms with Crippen molar-refractivity contribution in [1.82, 2.24) is 9.88 Å². The molecule has 38 heavy (non-hydrogen) atoms. The zero-order valence-corrected chi connectivity index (χ0v) is 21.5. The number of aromatic nitrogens is 1. The molecule has 0 saturated heterocycles. The molecule has 0 radical (unpaired) electrons. The van der Waals surface area contributed by atoms with Crippen molar-refractivity contribution in [2.75, 3.05) is 21.3 Å². The SMILES string of the molecule is COc1ccc(CN2C(=O)c3ccccc3C2c2c(-c3cc(OC)ccc3OC)[nH]c3ccccc23)cc1. The average Bonchev–Trinajstić information content (AvgIpc) is 3.48. The fraction of sp³-hybridized carbons (Fsp3) is 0.156. The Kier molecular flexibility index (Phi) is 6.00. The molecule has 0 fully saturated rings. The quantitative estimate of drug-likeness (QED) is 0.271. The molecule has 6 nitrogen and oxygen atoms in total. The van der Waals surface area contributed by atoms with E-state index in [0.29, 0.717) is 6.54 Å². The minimum absolute atomic E-state index is 0.00950. The third-order valence-electron chi connectivity index (χ3n) is 7.27. The molecule has 6 heteroatoms. The van der Waals surface area contributed by atoms with E-state index >= 15 is 0 Å². The van der Waals surface area contributed by atoms with Gasteiger partial charge in [0.1, 0.15) is 17.2 Å². The Morgan fingerprint density at radius 1 is 0.763 bits per heavy atom. The normalized spacial score (nSPS) is 14.6. The Labute approximate surface area is 221 Å². The van der Waals surface area contributed by atoms with Gasteiger partial charge >= 0.3 is 0 Å². The summed E-state index contributed by atoms with van der Waals surface area (Å²) in [6.45, 7) is 0.455. The van der Waals surface area contributed by atoms with Crippen molar-refractivity contribution < 1.29 is 19.0 Å². The van der Waals surface area contributed by atoms with E-state index in [1.165, 1.54) is 0 Å². The predicted molar refractivity (Wildman–Crippen MR) is 148 cm³/mol. The number of methoxy groups -OCH3 is 3. The number of H-pyrrole nitrogens is 1. The standard InChI is InChI=1S/C32H28N2O4/c1-36-21-14-12-20(13-15-21)19-34-31(23-8-4-5-9-24(23)32(34)35)29-25-10-6-7-11-27(25)33-30(29)26-18-22(37-2)16-17-28(26)38-3/h4-18,31,33H,19H2,1-3H3. The van der Waals surface area contributed by atoms with E-state index in [2.05, 4.69) is 23.2 Å². The number of nitrogens with one attached hydrogen (secondary N) is 1. The second-order valence-electron chi connectivity index (χ2n) is 9.30. The first kappa shape index (κ1) is 23.7. The summed E-state index contributed by atoms with van der Waals surface area (Å²) in [5.41, 5.74) is 6.52. The summed E-state index contributed by atoms with van der Waals surface area (Å²) < 4.78 is 16.7. The first-order chi connectivity index (χ1) is 18.6. The molecule has 6 rings (SSSR count). The van der Waals surface area contributed by atoms with Crippen LogP contribution in [-0.4, -0.2) is 37.1 Å². The van der Waals surface area contributed by atoms with E-state index in [-0.39, 0.29) is 11.9 Å². The summed E-state index contributed by atoms with van der Waals surface area (Å²) in [6.07, 6.45) is 0. The molecule has 1 unspecified atom stereocenters. The van der Waals surface area contributed by atoms with Gasteiger partial charge in [-0.1, -0.05) is 48.5 Å². The van der Waals surface area contributed by atoms with Crippen LogP contribution < -0.4 is 14.2 Å².